The van der Waals surface area contributed by atoms with E-state index < -0.39 is 0 Å². The second-order valence-corrected chi connectivity index (χ2v) is 7.69. The summed E-state index contributed by atoms with van der Waals surface area (Å²) in [4.78, 5) is 16.5. The molecule has 2 heterocycles. The number of amides is 2. The Morgan fingerprint density at radius 2 is 1.67 bits per heavy atom. The number of anilines is 1. The number of aryl methyl sites for hydroxylation is 2. The summed E-state index contributed by atoms with van der Waals surface area (Å²) >= 11 is 0. The van der Waals surface area contributed by atoms with Crippen LogP contribution in [0.4, 0.5) is 10.6 Å². The molecule has 1 fully saturated rings. The summed E-state index contributed by atoms with van der Waals surface area (Å²) in [5.74, 6) is 0.854. The molecule has 0 radical (unpaired) electrons. The summed E-state index contributed by atoms with van der Waals surface area (Å²) in [6.07, 6.45) is 0. The monoisotopic (exact) mass is 401 g/mol. The molecule has 2 amide bonds. The van der Waals surface area contributed by atoms with Crippen molar-refractivity contribution in [2.75, 3.05) is 31.1 Å². The molecule has 0 bridgehead atoms. The van der Waals surface area contributed by atoms with Gasteiger partial charge in [0.05, 0.1) is 5.69 Å². The number of nitrogens with one attached hydrogen (secondary N) is 1. The lowest BCUT2D eigenvalue weighted by Crippen LogP contribution is -2.51. The van der Waals surface area contributed by atoms with Gasteiger partial charge in [0, 0.05) is 38.3 Å². The summed E-state index contributed by atoms with van der Waals surface area (Å²) in [6.45, 7) is 7.59. The van der Waals surface area contributed by atoms with E-state index in [9.17, 15) is 4.79 Å². The van der Waals surface area contributed by atoms with Gasteiger partial charge < -0.3 is 15.1 Å². The zero-order valence-corrected chi connectivity index (χ0v) is 17.5. The van der Waals surface area contributed by atoms with Crippen LogP contribution in [0.25, 0.3) is 11.3 Å². The molecule has 3 aromatic rings. The molecule has 0 spiro atoms. The van der Waals surface area contributed by atoms with Crippen LogP contribution in [-0.4, -0.2) is 47.3 Å². The van der Waals surface area contributed by atoms with Crippen molar-refractivity contribution in [3.05, 3.63) is 77.4 Å². The lowest BCUT2D eigenvalue weighted by Gasteiger charge is -2.35. The molecular weight excluding hydrogens is 374 g/mol. The zero-order chi connectivity index (χ0) is 20.9. The van der Waals surface area contributed by atoms with Gasteiger partial charge in [-0.3, -0.25) is 0 Å². The molecule has 1 aromatic heterocycles. The van der Waals surface area contributed by atoms with Gasteiger partial charge in [-0.1, -0.05) is 42.5 Å². The maximum atomic E-state index is 12.4. The van der Waals surface area contributed by atoms with Crippen molar-refractivity contribution in [2.45, 2.75) is 20.4 Å². The maximum Gasteiger partial charge on any atom is 0.317 e. The van der Waals surface area contributed by atoms with Crippen molar-refractivity contribution in [1.82, 2.24) is 20.4 Å². The molecule has 1 aliphatic heterocycles. The van der Waals surface area contributed by atoms with Crippen molar-refractivity contribution < 1.29 is 4.79 Å². The first-order chi connectivity index (χ1) is 14.6. The molecular formula is C24H27N5O. The fourth-order valence-corrected chi connectivity index (χ4v) is 3.57. The Morgan fingerprint density at radius 1 is 0.900 bits per heavy atom. The van der Waals surface area contributed by atoms with E-state index in [0.717, 1.165) is 35.7 Å². The van der Waals surface area contributed by atoms with E-state index in [-0.39, 0.29) is 6.03 Å². The van der Waals surface area contributed by atoms with E-state index in [1.54, 1.807) is 0 Å². The minimum absolute atomic E-state index is 0.0188. The van der Waals surface area contributed by atoms with Gasteiger partial charge >= 0.3 is 6.03 Å². The third-order valence-electron chi connectivity index (χ3n) is 5.63. The summed E-state index contributed by atoms with van der Waals surface area (Å²) in [5.41, 5.74) is 5.58. The van der Waals surface area contributed by atoms with Crippen LogP contribution in [0, 0.1) is 13.8 Å². The lowest BCUT2D eigenvalue weighted by molar-refractivity contribution is 0.194. The number of nitrogens with zero attached hydrogens (tertiary/aromatic N) is 4. The second kappa shape index (κ2) is 8.95. The molecule has 1 aliphatic rings. The zero-order valence-electron chi connectivity index (χ0n) is 17.5. The van der Waals surface area contributed by atoms with E-state index in [1.807, 2.05) is 47.4 Å². The molecule has 6 nitrogen and oxygen atoms in total. The van der Waals surface area contributed by atoms with Crippen LogP contribution in [0.2, 0.25) is 0 Å². The third kappa shape index (κ3) is 4.59. The van der Waals surface area contributed by atoms with E-state index >= 15 is 0 Å². The number of hydrogen-bond donors (Lipinski definition) is 1. The normalized spacial score (nSPS) is 13.9. The highest BCUT2D eigenvalue weighted by Crippen LogP contribution is 2.22. The van der Waals surface area contributed by atoms with Crippen LogP contribution in [0.3, 0.4) is 0 Å². The Morgan fingerprint density at radius 3 is 2.33 bits per heavy atom. The number of carbonyl (C=O) groups is 1. The number of rotatable bonds is 4. The van der Waals surface area contributed by atoms with Gasteiger partial charge in [-0.15, -0.1) is 10.2 Å². The first kappa shape index (κ1) is 19.9. The molecule has 0 atom stereocenters. The fraction of sp³-hybridized carbons (Fsp3) is 0.292. The molecule has 1 N–H and O–H groups in total. The van der Waals surface area contributed by atoms with Gasteiger partial charge in [0.1, 0.15) is 0 Å². The molecule has 4 rings (SSSR count). The molecule has 0 saturated carbocycles. The average Bonchev–Trinajstić information content (AvgIpc) is 2.80. The minimum atomic E-state index is -0.0188. The lowest BCUT2D eigenvalue weighted by atomic mass is 10.0. The highest BCUT2D eigenvalue weighted by molar-refractivity contribution is 5.74. The topological polar surface area (TPSA) is 61.4 Å². The third-order valence-corrected chi connectivity index (χ3v) is 5.63. The average molecular weight is 402 g/mol. The maximum absolute atomic E-state index is 12.4. The van der Waals surface area contributed by atoms with Gasteiger partial charge in [0.15, 0.2) is 5.82 Å². The first-order valence-electron chi connectivity index (χ1n) is 10.3. The van der Waals surface area contributed by atoms with Crippen LogP contribution in [0.5, 0.6) is 0 Å². The summed E-state index contributed by atoms with van der Waals surface area (Å²) in [5, 5.41) is 11.9. The fourth-order valence-electron chi connectivity index (χ4n) is 3.57. The van der Waals surface area contributed by atoms with Crippen molar-refractivity contribution in [1.29, 1.82) is 0 Å². The van der Waals surface area contributed by atoms with Gasteiger partial charge in [-0.05, 0) is 48.7 Å². The molecule has 154 valence electrons. The Labute approximate surface area is 177 Å². The van der Waals surface area contributed by atoms with Crippen LogP contribution in [-0.2, 0) is 6.54 Å². The molecule has 0 aliphatic carbocycles. The predicted octanol–water partition coefficient (Wildman–Crippen LogP) is 3.79. The summed E-state index contributed by atoms with van der Waals surface area (Å²) < 4.78 is 0. The Bertz CT molecular complexity index is 996. The van der Waals surface area contributed by atoms with E-state index in [1.165, 1.54) is 11.1 Å². The molecule has 0 unspecified atom stereocenters. The number of piperazine rings is 1. The first-order valence-corrected chi connectivity index (χ1v) is 10.3. The van der Waals surface area contributed by atoms with Crippen molar-refractivity contribution in [2.24, 2.45) is 0 Å². The quantitative estimate of drug-likeness (QED) is 0.723. The van der Waals surface area contributed by atoms with Crippen LogP contribution >= 0.6 is 0 Å². The number of urea groups is 1. The van der Waals surface area contributed by atoms with E-state index in [4.69, 9.17) is 0 Å². The highest BCUT2D eigenvalue weighted by Gasteiger charge is 2.22. The number of benzene rings is 2. The van der Waals surface area contributed by atoms with Crippen molar-refractivity contribution in [3.63, 3.8) is 0 Å². The second-order valence-electron chi connectivity index (χ2n) is 7.69. The predicted molar refractivity (Wildman–Crippen MR) is 119 cm³/mol. The van der Waals surface area contributed by atoms with Crippen LogP contribution in [0.1, 0.15) is 16.7 Å². The van der Waals surface area contributed by atoms with Crippen molar-refractivity contribution in [3.8, 4) is 11.3 Å². The molecule has 6 heteroatoms. The van der Waals surface area contributed by atoms with Crippen LogP contribution < -0.4 is 10.2 Å². The minimum Gasteiger partial charge on any atom is -0.352 e. The smallest absolute Gasteiger partial charge is 0.317 e. The van der Waals surface area contributed by atoms with E-state index in [2.05, 4.69) is 52.5 Å². The van der Waals surface area contributed by atoms with Crippen LogP contribution in [0.15, 0.2) is 60.7 Å². The Kier molecular flexibility index (Phi) is 5.93. The van der Waals surface area contributed by atoms with Gasteiger partial charge in [-0.25, -0.2) is 4.79 Å². The summed E-state index contributed by atoms with van der Waals surface area (Å²) in [7, 11) is 0. The molecule has 2 aromatic carbocycles. The number of hydrogen-bond acceptors (Lipinski definition) is 4. The summed E-state index contributed by atoms with van der Waals surface area (Å²) in [6, 6.07) is 20.3. The van der Waals surface area contributed by atoms with E-state index in [0.29, 0.717) is 19.6 Å². The molecule has 30 heavy (non-hydrogen) atoms. The Balaban J connectivity index is 1.31. The Hall–Kier alpha value is -3.41. The molecule has 1 saturated heterocycles. The van der Waals surface area contributed by atoms with Gasteiger partial charge in [0.2, 0.25) is 0 Å². The van der Waals surface area contributed by atoms with Gasteiger partial charge in [-0.2, -0.15) is 0 Å². The van der Waals surface area contributed by atoms with Gasteiger partial charge in [0.25, 0.3) is 0 Å². The number of carbonyl (C=O) groups excluding carboxylic acids is 1. The largest absolute Gasteiger partial charge is 0.352 e. The van der Waals surface area contributed by atoms with Crippen molar-refractivity contribution >= 4 is 11.8 Å². The highest BCUT2D eigenvalue weighted by atomic mass is 16.2. The standard InChI is InChI=1S/C24H27N5O/c1-18-8-9-21(16-19(18)2)22-10-11-23(27-26-22)28-12-14-29(15-13-28)24(30)25-17-20-6-4-3-5-7-20/h3-11,16H,12-15,17H2,1-2H3,(H,25,30). The number of aromatic nitrogens is 2. The SMILES string of the molecule is Cc1ccc(-c2ccc(N3CCN(C(=O)NCc4ccccc4)CC3)nn2)cc1C.